The molecule has 0 spiro atoms. The lowest BCUT2D eigenvalue weighted by Gasteiger charge is -2.36. The number of piperazine rings is 1. The number of hydrogen-bond donors (Lipinski definition) is 0. The van der Waals surface area contributed by atoms with Crippen LogP contribution in [0.25, 0.3) is 0 Å². The first-order chi connectivity index (χ1) is 14.6. The predicted molar refractivity (Wildman–Crippen MR) is 112 cm³/mol. The summed E-state index contributed by atoms with van der Waals surface area (Å²) < 4.78 is 21.0. The molecule has 8 heteroatoms. The van der Waals surface area contributed by atoms with Crippen molar-refractivity contribution in [1.29, 1.82) is 0 Å². The van der Waals surface area contributed by atoms with Gasteiger partial charge in [-0.1, -0.05) is 12.1 Å². The molecule has 1 aliphatic rings. The first-order valence-electron chi connectivity index (χ1n) is 9.62. The van der Waals surface area contributed by atoms with Gasteiger partial charge in [0.2, 0.25) is 0 Å². The quantitative estimate of drug-likeness (QED) is 0.643. The highest BCUT2D eigenvalue weighted by Crippen LogP contribution is 2.29. The summed E-state index contributed by atoms with van der Waals surface area (Å²) in [5.41, 5.74) is 1.30. The Bertz CT molecular complexity index is 893. The van der Waals surface area contributed by atoms with Crippen molar-refractivity contribution < 1.29 is 28.5 Å². The number of carbonyl (C=O) groups is 2. The predicted octanol–water partition coefficient (Wildman–Crippen LogP) is 2.22. The number of ether oxygens (including phenoxy) is 4. The largest absolute Gasteiger partial charge is 0.495 e. The van der Waals surface area contributed by atoms with E-state index in [2.05, 4.69) is 4.90 Å². The van der Waals surface area contributed by atoms with Crippen LogP contribution in [0.1, 0.15) is 10.4 Å². The van der Waals surface area contributed by atoms with E-state index < -0.39 is 5.97 Å². The van der Waals surface area contributed by atoms with Crippen LogP contribution in [0, 0.1) is 0 Å². The number of rotatable bonds is 7. The molecule has 0 aromatic heterocycles. The number of methoxy groups -OCH3 is 3. The summed E-state index contributed by atoms with van der Waals surface area (Å²) in [5, 5.41) is 0. The Balaban J connectivity index is 1.52. The minimum absolute atomic E-state index is 0.219. The topological polar surface area (TPSA) is 77.5 Å². The van der Waals surface area contributed by atoms with Crippen LogP contribution < -0.4 is 19.1 Å². The third-order valence-corrected chi connectivity index (χ3v) is 5.00. The van der Waals surface area contributed by atoms with Crippen molar-refractivity contribution in [3.8, 4) is 17.2 Å². The SMILES string of the molecule is COc1ccc(C(=O)OCC(=O)N2CCN(c3ccccc3OC)CC2)cc1OC. The van der Waals surface area contributed by atoms with Gasteiger partial charge in [-0.05, 0) is 30.3 Å². The van der Waals surface area contributed by atoms with Crippen molar-refractivity contribution in [2.75, 3.05) is 59.0 Å². The fourth-order valence-corrected chi connectivity index (χ4v) is 3.35. The second-order valence-electron chi connectivity index (χ2n) is 6.69. The second kappa shape index (κ2) is 9.87. The zero-order chi connectivity index (χ0) is 21.5. The number of esters is 1. The molecule has 2 aromatic carbocycles. The molecule has 1 saturated heterocycles. The summed E-state index contributed by atoms with van der Waals surface area (Å²) in [4.78, 5) is 28.7. The molecular weight excluding hydrogens is 388 g/mol. The van der Waals surface area contributed by atoms with E-state index in [0.29, 0.717) is 43.2 Å². The Kier molecular flexibility index (Phi) is 7.00. The van der Waals surface area contributed by atoms with Crippen LogP contribution in [0.2, 0.25) is 0 Å². The Labute approximate surface area is 175 Å². The smallest absolute Gasteiger partial charge is 0.338 e. The molecule has 160 valence electrons. The number of para-hydroxylation sites is 2. The highest BCUT2D eigenvalue weighted by molar-refractivity contribution is 5.92. The van der Waals surface area contributed by atoms with Crippen LogP contribution in [-0.2, 0) is 9.53 Å². The van der Waals surface area contributed by atoms with Crippen molar-refractivity contribution in [3.05, 3.63) is 48.0 Å². The number of benzene rings is 2. The fraction of sp³-hybridized carbons (Fsp3) is 0.364. The molecule has 3 rings (SSSR count). The van der Waals surface area contributed by atoms with Gasteiger partial charge in [0.25, 0.3) is 5.91 Å². The van der Waals surface area contributed by atoms with Crippen LogP contribution in [-0.4, -0.2) is 70.9 Å². The lowest BCUT2D eigenvalue weighted by Crippen LogP contribution is -2.50. The average Bonchev–Trinajstić information content (AvgIpc) is 2.81. The monoisotopic (exact) mass is 414 g/mol. The number of carbonyl (C=O) groups excluding carboxylic acids is 2. The molecule has 0 saturated carbocycles. The Hall–Kier alpha value is -3.42. The molecule has 1 heterocycles. The highest BCUT2D eigenvalue weighted by Gasteiger charge is 2.24. The van der Waals surface area contributed by atoms with Gasteiger partial charge < -0.3 is 28.7 Å². The van der Waals surface area contributed by atoms with Gasteiger partial charge in [0.05, 0.1) is 32.6 Å². The summed E-state index contributed by atoms with van der Waals surface area (Å²) in [6, 6.07) is 12.5. The number of hydrogen-bond acceptors (Lipinski definition) is 7. The highest BCUT2D eigenvalue weighted by atomic mass is 16.5. The molecule has 1 amide bonds. The zero-order valence-corrected chi connectivity index (χ0v) is 17.4. The molecule has 8 nitrogen and oxygen atoms in total. The van der Waals surface area contributed by atoms with E-state index in [4.69, 9.17) is 18.9 Å². The Morgan fingerprint density at radius 3 is 2.17 bits per heavy atom. The van der Waals surface area contributed by atoms with Gasteiger partial charge in [0.15, 0.2) is 18.1 Å². The van der Waals surface area contributed by atoms with Crippen molar-refractivity contribution in [2.45, 2.75) is 0 Å². The summed E-state index contributed by atoms with van der Waals surface area (Å²) in [5.74, 6) is 0.936. The minimum atomic E-state index is -0.586. The van der Waals surface area contributed by atoms with Gasteiger partial charge in [0, 0.05) is 26.2 Å². The molecule has 0 radical (unpaired) electrons. The molecule has 0 bridgehead atoms. The molecular formula is C22H26N2O6. The zero-order valence-electron chi connectivity index (χ0n) is 17.4. The molecule has 1 fully saturated rings. The molecule has 2 aromatic rings. The number of anilines is 1. The third-order valence-electron chi connectivity index (χ3n) is 5.00. The van der Waals surface area contributed by atoms with Crippen molar-refractivity contribution in [1.82, 2.24) is 4.90 Å². The average molecular weight is 414 g/mol. The van der Waals surface area contributed by atoms with Crippen molar-refractivity contribution in [3.63, 3.8) is 0 Å². The number of nitrogens with zero attached hydrogens (tertiary/aromatic N) is 2. The van der Waals surface area contributed by atoms with Gasteiger partial charge in [-0.15, -0.1) is 0 Å². The lowest BCUT2D eigenvalue weighted by molar-refractivity contribution is -0.134. The van der Waals surface area contributed by atoms with Crippen LogP contribution in [0.4, 0.5) is 5.69 Å². The van der Waals surface area contributed by atoms with E-state index in [1.165, 1.54) is 20.3 Å². The molecule has 0 atom stereocenters. The van der Waals surface area contributed by atoms with Crippen LogP contribution in [0.5, 0.6) is 17.2 Å². The van der Waals surface area contributed by atoms with Crippen LogP contribution >= 0.6 is 0 Å². The van der Waals surface area contributed by atoms with E-state index in [1.54, 1.807) is 24.1 Å². The normalized spacial score (nSPS) is 13.6. The standard InChI is InChI=1S/C22H26N2O6/c1-27-18-7-5-4-6-17(18)23-10-12-24(13-11-23)21(25)15-30-22(26)16-8-9-19(28-2)20(14-16)29-3/h4-9,14H,10-13,15H2,1-3H3. The third kappa shape index (κ3) is 4.76. The van der Waals surface area contributed by atoms with Crippen LogP contribution in [0.15, 0.2) is 42.5 Å². The van der Waals surface area contributed by atoms with Gasteiger partial charge in [-0.25, -0.2) is 4.79 Å². The van der Waals surface area contributed by atoms with Crippen molar-refractivity contribution >= 4 is 17.6 Å². The molecule has 0 aliphatic carbocycles. The molecule has 30 heavy (non-hydrogen) atoms. The first-order valence-corrected chi connectivity index (χ1v) is 9.62. The van der Waals surface area contributed by atoms with Gasteiger partial charge in [0.1, 0.15) is 5.75 Å². The van der Waals surface area contributed by atoms with E-state index in [-0.39, 0.29) is 12.5 Å². The first kappa shape index (κ1) is 21.3. The summed E-state index contributed by atoms with van der Waals surface area (Å²) in [6.07, 6.45) is 0. The molecule has 0 unspecified atom stereocenters. The van der Waals surface area contributed by atoms with E-state index >= 15 is 0 Å². The maximum Gasteiger partial charge on any atom is 0.338 e. The van der Waals surface area contributed by atoms with E-state index in [1.807, 2.05) is 24.3 Å². The summed E-state index contributed by atoms with van der Waals surface area (Å²) in [7, 11) is 4.65. The Morgan fingerprint density at radius 2 is 1.50 bits per heavy atom. The maximum atomic E-state index is 12.5. The van der Waals surface area contributed by atoms with E-state index in [9.17, 15) is 9.59 Å². The number of amides is 1. The second-order valence-corrected chi connectivity index (χ2v) is 6.69. The van der Waals surface area contributed by atoms with Crippen molar-refractivity contribution in [2.24, 2.45) is 0 Å². The summed E-state index contributed by atoms with van der Waals surface area (Å²) >= 11 is 0. The molecule has 0 N–H and O–H groups in total. The summed E-state index contributed by atoms with van der Waals surface area (Å²) in [6.45, 7) is 2.14. The maximum absolute atomic E-state index is 12.5. The lowest BCUT2D eigenvalue weighted by atomic mass is 10.2. The Morgan fingerprint density at radius 1 is 0.833 bits per heavy atom. The fourth-order valence-electron chi connectivity index (χ4n) is 3.35. The van der Waals surface area contributed by atoms with Crippen LogP contribution in [0.3, 0.4) is 0 Å². The van der Waals surface area contributed by atoms with Gasteiger partial charge in [-0.2, -0.15) is 0 Å². The van der Waals surface area contributed by atoms with E-state index in [0.717, 1.165) is 11.4 Å². The molecule has 1 aliphatic heterocycles. The van der Waals surface area contributed by atoms with Gasteiger partial charge in [-0.3, -0.25) is 4.79 Å². The minimum Gasteiger partial charge on any atom is -0.495 e. The van der Waals surface area contributed by atoms with Gasteiger partial charge >= 0.3 is 5.97 Å².